The minimum atomic E-state index is -4.71. The van der Waals surface area contributed by atoms with E-state index >= 15 is 0 Å². The summed E-state index contributed by atoms with van der Waals surface area (Å²) in [6, 6.07) is 9.79. The van der Waals surface area contributed by atoms with E-state index in [1.165, 1.54) is 20.2 Å². The van der Waals surface area contributed by atoms with E-state index in [2.05, 4.69) is 20.3 Å². The van der Waals surface area contributed by atoms with Gasteiger partial charge in [-0.2, -0.15) is 13.2 Å². The van der Waals surface area contributed by atoms with Gasteiger partial charge in [-0.05, 0) is 24.6 Å². The molecule has 0 aliphatic rings. The molecule has 3 aromatic rings. The topological polar surface area (TPSA) is 105 Å². The minimum Gasteiger partial charge on any atom is -0.365 e. The average molecular weight is 494 g/mol. The molecular weight excluding hydrogens is 471 g/mol. The van der Waals surface area contributed by atoms with Crippen LogP contribution in [0.25, 0.3) is 0 Å². The van der Waals surface area contributed by atoms with E-state index in [4.69, 9.17) is 0 Å². The van der Waals surface area contributed by atoms with E-state index in [-0.39, 0.29) is 30.4 Å². The van der Waals surface area contributed by atoms with E-state index in [0.717, 1.165) is 10.6 Å². The molecule has 0 saturated heterocycles. The lowest BCUT2D eigenvalue weighted by Gasteiger charge is -2.20. The maximum absolute atomic E-state index is 13.6. The number of Topliss-reactive ketones (excluding diaryl/α,β-unsaturated/α-hetero) is 1. The second-order valence-electron chi connectivity index (χ2n) is 7.55. The summed E-state index contributed by atoms with van der Waals surface area (Å²) in [7, 11) is -2.32. The number of carbonyl (C=O) groups is 1. The molecule has 0 aliphatic heterocycles. The molecule has 0 saturated carbocycles. The lowest BCUT2D eigenvalue weighted by Crippen LogP contribution is -2.27. The second kappa shape index (κ2) is 9.75. The number of alkyl halides is 3. The van der Waals surface area contributed by atoms with Crippen LogP contribution in [-0.4, -0.2) is 42.5 Å². The molecule has 34 heavy (non-hydrogen) atoms. The van der Waals surface area contributed by atoms with Crippen LogP contribution in [0.3, 0.4) is 0 Å². The fourth-order valence-electron chi connectivity index (χ4n) is 3.12. The number of hydrogen-bond acceptors (Lipinski definition) is 7. The zero-order valence-electron chi connectivity index (χ0n) is 18.6. The van der Waals surface area contributed by atoms with Gasteiger partial charge in [-0.3, -0.25) is 9.10 Å². The van der Waals surface area contributed by atoms with E-state index in [0.29, 0.717) is 22.9 Å². The first kappa shape index (κ1) is 25.1. The van der Waals surface area contributed by atoms with Crippen LogP contribution >= 0.6 is 0 Å². The number of anilines is 2. The summed E-state index contributed by atoms with van der Waals surface area (Å²) in [5, 5.41) is 2.65. The van der Waals surface area contributed by atoms with Gasteiger partial charge in [0.25, 0.3) is 0 Å². The summed E-state index contributed by atoms with van der Waals surface area (Å²) >= 11 is 0. The van der Waals surface area contributed by atoms with Crippen molar-refractivity contribution in [3.05, 3.63) is 76.9 Å². The van der Waals surface area contributed by atoms with Gasteiger partial charge in [0.05, 0.1) is 6.26 Å². The Balaban J connectivity index is 1.92. The quantitative estimate of drug-likeness (QED) is 0.477. The van der Waals surface area contributed by atoms with Crippen molar-refractivity contribution in [3.63, 3.8) is 0 Å². The van der Waals surface area contributed by atoms with Crippen molar-refractivity contribution in [1.29, 1.82) is 0 Å². The Morgan fingerprint density at radius 3 is 2.53 bits per heavy atom. The van der Waals surface area contributed by atoms with Gasteiger partial charge in [0, 0.05) is 43.5 Å². The molecule has 1 N–H and O–H groups in total. The van der Waals surface area contributed by atoms with Crippen LogP contribution in [0, 0.1) is 0 Å². The van der Waals surface area contributed by atoms with Gasteiger partial charge in [-0.15, -0.1) is 0 Å². The smallest absolute Gasteiger partial charge is 0.365 e. The third-order valence-corrected chi connectivity index (χ3v) is 6.12. The number of benzene rings is 1. The monoisotopic (exact) mass is 493 g/mol. The zero-order chi connectivity index (χ0) is 25.1. The van der Waals surface area contributed by atoms with E-state index in [1.54, 1.807) is 36.4 Å². The molecule has 0 aliphatic carbocycles. The number of hydrogen-bond donors (Lipinski definition) is 1. The predicted octanol–water partition coefficient (Wildman–Crippen LogP) is 3.69. The van der Waals surface area contributed by atoms with E-state index in [1.807, 2.05) is 0 Å². The number of rotatable bonds is 8. The number of sulfonamides is 1. The first-order chi connectivity index (χ1) is 15.9. The summed E-state index contributed by atoms with van der Waals surface area (Å²) in [5.41, 5.74) is 0.443. The normalized spacial score (nSPS) is 11.8. The molecule has 2 heterocycles. The van der Waals surface area contributed by atoms with Crippen molar-refractivity contribution in [3.8, 4) is 0 Å². The summed E-state index contributed by atoms with van der Waals surface area (Å²) in [4.78, 5) is 23.6. The van der Waals surface area contributed by atoms with Crippen molar-refractivity contribution in [2.24, 2.45) is 0 Å². The van der Waals surface area contributed by atoms with E-state index < -0.39 is 27.6 Å². The molecule has 1 aromatic carbocycles. The Morgan fingerprint density at radius 2 is 1.88 bits per heavy atom. The highest BCUT2D eigenvalue weighted by Crippen LogP contribution is 2.34. The number of pyridine rings is 1. The highest BCUT2D eigenvalue weighted by atomic mass is 32.2. The zero-order valence-corrected chi connectivity index (χ0v) is 19.4. The molecule has 0 spiro atoms. The summed E-state index contributed by atoms with van der Waals surface area (Å²) in [5.74, 6) is -0.377. The Morgan fingerprint density at radius 1 is 1.15 bits per heavy atom. The third-order valence-electron chi connectivity index (χ3n) is 4.95. The SMILES string of the molecule is CC(=O)c1cccc(Cc2ncc(C(F)(F)F)c(NCc3cccnc3N(C)S(C)(=O)=O)n2)c1. The molecule has 0 bridgehead atoms. The first-order valence-electron chi connectivity index (χ1n) is 10.0. The second-order valence-corrected chi connectivity index (χ2v) is 9.56. The van der Waals surface area contributed by atoms with Gasteiger partial charge < -0.3 is 5.32 Å². The van der Waals surface area contributed by atoms with Crippen LogP contribution in [0.2, 0.25) is 0 Å². The van der Waals surface area contributed by atoms with Crippen molar-refractivity contribution in [1.82, 2.24) is 15.0 Å². The van der Waals surface area contributed by atoms with Gasteiger partial charge >= 0.3 is 6.18 Å². The van der Waals surface area contributed by atoms with Crippen molar-refractivity contribution >= 4 is 27.4 Å². The van der Waals surface area contributed by atoms with Gasteiger partial charge in [0.15, 0.2) is 5.78 Å². The van der Waals surface area contributed by atoms with Gasteiger partial charge in [0.2, 0.25) is 10.0 Å². The third kappa shape index (κ3) is 6.07. The molecule has 0 unspecified atom stereocenters. The maximum atomic E-state index is 13.6. The molecule has 0 atom stereocenters. The Kier molecular flexibility index (Phi) is 7.20. The Hall–Kier alpha value is -3.54. The molecule has 0 fully saturated rings. The molecule has 180 valence electrons. The predicted molar refractivity (Wildman–Crippen MR) is 121 cm³/mol. The minimum absolute atomic E-state index is 0.0846. The number of nitrogens with one attached hydrogen (secondary N) is 1. The molecule has 8 nitrogen and oxygen atoms in total. The summed E-state index contributed by atoms with van der Waals surface area (Å²) in [6.07, 6.45) is -1.51. The Labute approximate surface area is 194 Å². The molecule has 0 amide bonds. The maximum Gasteiger partial charge on any atom is 0.421 e. The molecule has 0 radical (unpaired) electrons. The average Bonchev–Trinajstić information content (AvgIpc) is 2.76. The number of ketones is 1. The first-order valence-corrected chi connectivity index (χ1v) is 11.9. The van der Waals surface area contributed by atoms with Crippen LogP contribution in [0.4, 0.5) is 24.8 Å². The lowest BCUT2D eigenvalue weighted by molar-refractivity contribution is -0.137. The van der Waals surface area contributed by atoms with Crippen molar-refractivity contribution in [2.75, 3.05) is 22.9 Å². The van der Waals surface area contributed by atoms with Crippen LogP contribution < -0.4 is 9.62 Å². The molecule has 3 rings (SSSR count). The van der Waals surface area contributed by atoms with Gasteiger partial charge in [-0.25, -0.2) is 23.4 Å². The number of nitrogens with zero attached hydrogens (tertiary/aromatic N) is 4. The fourth-order valence-corrected chi connectivity index (χ4v) is 3.59. The summed E-state index contributed by atoms with van der Waals surface area (Å²) in [6.45, 7) is 1.26. The fraction of sp³-hybridized carbons (Fsp3) is 0.273. The number of carbonyl (C=O) groups excluding carboxylic acids is 1. The van der Waals surface area contributed by atoms with Crippen molar-refractivity contribution < 1.29 is 26.4 Å². The highest BCUT2D eigenvalue weighted by Gasteiger charge is 2.35. The van der Waals surface area contributed by atoms with Crippen LogP contribution in [0.5, 0.6) is 0 Å². The lowest BCUT2D eigenvalue weighted by atomic mass is 10.1. The van der Waals surface area contributed by atoms with Crippen LogP contribution in [-0.2, 0) is 29.2 Å². The molecule has 2 aromatic heterocycles. The van der Waals surface area contributed by atoms with Gasteiger partial charge in [-0.1, -0.05) is 24.3 Å². The van der Waals surface area contributed by atoms with E-state index in [9.17, 15) is 26.4 Å². The number of halogens is 3. The summed E-state index contributed by atoms with van der Waals surface area (Å²) < 4.78 is 65.5. The standard InChI is InChI=1S/C22H22F3N5O3S/c1-14(31)16-7-4-6-15(10-16)11-19-27-13-18(22(23,24)25)20(29-19)28-12-17-8-5-9-26-21(17)30(2)34(3,32)33/h4-10,13H,11-12H2,1-3H3,(H,27,28,29). The highest BCUT2D eigenvalue weighted by molar-refractivity contribution is 7.92. The van der Waals surface area contributed by atoms with Crippen LogP contribution in [0.1, 0.15) is 39.8 Å². The largest absolute Gasteiger partial charge is 0.421 e. The van der Waals surface area contributed by atoms with Gasteiger partial charge in [0.1, 0.15) is 23.0 Å². The molecular formula is C22H22F3N5O3S. The number of aromatic nitrogens is 3. The Bertz CT molecular complexity index is 1310. The van der Waals surface area contributed by atoms with Crippen LogP contribution in [0.15, 0.2) is 48.8 Å². The molecule has 12 heteroatoms. The van der Waals surface area contributed by atoms with Crippen molar-refractivity contribution in [2.45, 2.75) is 26.1 Å².